The summed E-state index contributed by atoms with van der Waals surface area (Å²) in [6.07, 6.45) is 3.05. The molecular weight excluding hydrogens is 253 g/mol. The van der Waals surface area contributed by atoms with Crippen LogP contribution in [0.25, 0.3) is 11.4 Å². The molecule has 0 bridgehead atoms. The van der Waals surface area contributed by atoms with Crippen LogP contribution in [0.2, 0.25) is 0 Å². The molecule has 0 aliphatic rings. The zero-order valence-electron chi connectivity index (χ0n) is 7.95. The van der Waals surface area contributed by atoms with Crippen LogP contribution < -0.4 is 0 Å². The third-order valence-corrected chi connectivity index (χ3v) is 1.78. The molecule has 0 atom stereocenters. The van der Waals surface area contributed by atoms with E-state index in [1.807, 2.05) is 0 Å². The summed E-state index contributed by atoms with van der Waals surface area (Å²) in [6, 6.07) is 4.67. The monoisotopic (exact) mass is 261 g/mol. The second kappa shape index (κ2) is 6.09. The fourth-order valence-electron chi connectivity index (χ4n) is 1.11. The molecule has 0 saturated carbocycles. The summed E-state index contributed by atoms with van der Waals surface area (Å²) >= 11 is 0. The second-order valence-electron chi connectivity index (χ2n) is 2.71. The summed E-state index contributed by atoms with van der Waals surface area (Å²) in [7, 11) is 0. The van der Waals surface area contributed by atoms with Gasteiger partial charge in [0.15, 0.2) is 0 Å². The highest BCUT2D eigenvalue weighted by molar-refractivity contribution is 5.88. The Morgan fingerprint density at radius 1 is 1.25 bits per heavy atom. The Balaban J connectivity index is 0.00000112. The van der Waals surface area contributed by atoms with Crippen LogP contribution in [0.15, 0.2) is 30.6 Å². The molecule has 0 aliphatic heterocycles. The molecule has 0 aliphatic carbocycles. The van der Waals surface area contributed by atoms with E-state index >= 15 is 0 Å². The first-order chi connectivity index (χ1) is 6.77. The maximum atomic E-state index is 10.7. The number of pyridine rings is 1. The molecule has 2 rings (SSSR count). The number of hydrogen-bond acceptors (Lipinski definition) is 3. The largest absolute Gasteiger partial charge is 0.478 e. The highest BCUT2D eigenvalue weighted by Gasteiger charge is 2.05. The van der Waals surface area contributed by atoms with Gasteiger partial charge in [-0.1, -0.05) is 0 Å². The standard InChI is InChI=1S/C9H7N3O2.2ClH/c13-9(14)6-1-3-10-8(5-6)7-2-4-11-12-7;;/h1-5H,(H,11,12)(H,13,14);2*1H. The number of H-pyrrole nitrogens is 1. The van der Waals surface area contributed by atoms with Gasteiger partial charge in [0.2, 0.25) is 0 Å². The van der Waals surface area contributed by atoms with Crippen molar-refractivity contribution >= 4 is 30.8 Å². The number of rotatable bonds is 2. The summed E-state index contributed by atoms with van der Waals surface area (Å²) in [5.41, 5.74) is 1.49. The van der Waals surface area contributed by atoms with Crippen molar-refractivity contribution < 1.29 is 9.90 Å². The van der Waals surface area contributed by atoms with Gasteiger partial charge in [0.1, 0.15) is 0 Å². The Morgan fingerprint density at radius 2 is 2.00 bits per heavy atom. The number of nitrogens with one attached hydrogen (secondary N) is 1. The van der Waals surface area contributed by atoms with Gasteiger partial charge in [0.25, 0.3) is 0 Å². The third-order valence-electron chi connectivity index (χ3n) is 1.78. The van der Waals surface area contributed by atoms with Gasteiger partial charge < -0.3 is 5.11 Å². The molecule has 7 heteroatoms. The van der Waals surface area contributed by atoms with Crippen LogP contribution in [0, 0.1) is 0 Å². The molecule has 0 radical (unpaired) electrons. The van der Waals surface area contributed by atoms with Crippen LogP contribution in [0.5, 0.6) is 0 Å². The summed E-state index contributed by atoms with van der Waals surface area (Å²) in [4.78, 5) is 14.7. The van der Waals surface area contributed by atoms with Crippen molar-refractivity contribution in [2.24, 2.45) is 0 Å². The molecule has 0 amide bonds. The molecule has 0 spiro atoms. The number of aromatic amines is 1. The minimum absolute atomic E-state index is 0. The van der Waals surface area contributed by atoms with E-state index in [1.54, 1.807) is 12.3 Å². The lowest BCUT2D eigenvalue weighted by Gasteiger charge is -1.97. The quantitative estimate of drug-likeness (QED) is 0.867. The number of carboxylic acids is 1. The van der Waals surface area contributed by atoms with Crippen LogP contribution in [-0.4, -0.2) is 26.3 Å². The van der Waals surface area contributed by atoms with E-state index in [9.17, 15) is 4.79 Å². The average Bonchev–Trinajstić information content (AvgIpc) is 2.71. The topological polar surface area (TPSA) is 78.9 Å². The highest BCUT2D eigenvalue weighted by atomic mass is 35.5. The normalized spacial score (nSPS) is 8.75. The van der Waals surface area contributed by atoms with Crippen LogP contribution in [0.3, 0.4) is 0 Å². The fourth-order valence-corrected chi connectivity index (χ4v) is 1.11. The Kier molecular flexibility index (Phi) is 5.49. The van der Waals surface area contributed by atoms with Gasteiger partial charge >= 0.3 is 5.97 Å². The van der Waals surface area contributed by atoms with Crippen molar-refractivity contribution in [3.05, 3.63) is 36.2 Å². The van der Waals surface area contributed by atoms with Crippen molar-refractivity contribution in [2.45, 2.75) is 0 Å². The zero-order valence-corrected chi connectivity index (χ0v) is 9.59. The predicted octanol–water partition coefficient (Wildman–Crippen LogP) is 2.01. The van der Waals surface area contributed by atoms with Gasteiger partial charge in [0.05, 0.1) is 17.0 Å². The maximum Gasteiger partial charge on any atom is 0.335 e. The molecule has 0 fully saturated rings. The molecule has 2 heterocycles. The van der Waals surface area contributed by atoms with E-state index in [1.165, 1.54) is 18.3 Å². The molecule has 0 aromatic carbocycles. The van der Waals surface area contributed by atoms with E-state index in [4.69, 9.17) is 5.11 Å². The highest BCUT2D eigenvalue weighted by Crippen LogP contribution is 2.13. The van der Waals surface area contributed by atoms with Crippen LogP contribution in [0.1, 0.15) is 10.4 Å². The number of nitrogens with zero attached hydrogens (tertiary/aromatic N) is 2. The number of hydrogen-bond donors (Lipinski definition) is 2. The summed E-state index contributed by atoms with van der Waals surface area (Å²) in [5.74, 6) is -0.965. The SMILES string of the molecule is Cl.Cl.O=C(O)c1ccnc(-c2ccn[nH]2)c1. The summed E-state index contributed by atoms with van der Waals surface area (Å²) < 4.78 is 0. The van der Waals surface area contributed by atoms with Crippen molar-refractivity contribution in [1.29, 1.82) is 0 Å². The zero-order chi connectivity index (χ0) is 9.97. The molecule has 2 aromatic heterocycles. The third kappa shape index (κ3) is 2.95. The van der Waals surface area contributed by atoms with E-state index in [-0.39, 0.29) is 30.4 Å². The minimum Gasteiger partial charge on any atom is -0.478 e. The average molecular weight is 262 g/mol. The first kappa shape index (κ1) is 14.4. The smallest absolute Gasteiger partial charge is 0.335 e. The van der Waals surface area contributed by atoms with Gasteiger partial charge in [-0.25, -0.2) is 4.79 Å². The molecular formula is C9H9Cl2N3O2. The van der Waals surface area contributed by atoms with Gasteiger partial charge in [0, 0.05) is 12.4 Å². The summed E-state index contributed by atoms with van der Waals surface area (Å²) in [6.45, 7) is 0. The van der Waals surface area contributed by atoms with Gasteiger partial charge in [-0.15, -0.1) is 24.8 Å². The number of carbonyl (C=O) groups is 1. The van der Waals surface area contributed by atoms with Gasteiger partial charge in [-0.2, -0.15) is 5.10 Å². The van der Waals surface area contributed by atoms with Crippen molar-refractivity contribution in [3.63, 3.8) is 0 Å². The number of aromatic nitrogens is 3. The van der Waals surface area contributed by atoms with Crippen molar-refractivity contribution in [2.75, 3.05) is 0 Å². The van der Waals surface area contributed by atoms with E-state index in [0.29, 0.717) is 11.4 Å². The maximum absolute atomic E-state index is 10.7. The molecule has 86 valence electrons. The molecule has 0 saturated heterocycles. The first-order valence-corrected chi connectivity index (χ1v) is 3.96. The van der Waals surface area contributed by atoms with Crippen molar-refractivity contribution in [3.8, 4) is 11.4 Å². The summed E-state index contributed by atoms with van der Waals surface area (Å²) in [5, 5.41) is 15.2. The second-order valence-corrected chi connectivity index (χ2v) is 2.71. The Hall–Kier alpha value is -1.59. The molecule has 2 aromatic rings. The van der Waals surface area contributed by atoms with Crippen LogP contribution in [-0.2, 0) is 0 Å². The van der Waals surface area contributed by atoms with Gasteiger partial charge in [-0.05, 0) is 18.2 Å². The van der Waals surface area contributed by atoms with E-state index in [0.717, 1.165) is 0 Å². The first-order valence-electron chi connectivity index (χ1n) is 3.96. The molecule has 5 nitrogen and oxygen atoms in total. The Morgan fingerprint density at radius 3 is 2.56 bits per heavy atom. The Labute approximate surface area is 104 Å². The Bertz CT molecular complexity index is 460. The fraction of sp³-hybridized carbons (Fsp3) is 0. The number of aromatic carboxylic acids is 1. The van der Waals surface area contributed by atoms with Crippen molar-refractivity contribution in [1.82, 2.24) is 15.2 Å². The van der Waals surface area contributed by atoms with Crippen LogP contribution >= 0.6 is 24.8 Å². The lowest BCUT2D eigenvalue weighted by Crippen LogP contribution is -1.97. The lowest BCUT2D eigenvalue weighted by molar-refractivity contribution is 0.0697. The van der Waals surface area contributed by atoms with Gasteiger partial charge in [-0.3, -0.25) is 10.1 Å². The minimum atomic E-state index is -0.965. The van der Waals surface area contributed by atoms with E-state index < -0.39 is 5.97 Å². The molecule has 0 unspecified atom stereocenters. The lowest BCUT2D eigenvalue weighted by atomic mass is 10.2. The molecule has 2 N–H and O–H groups in total. The number of halogens is 2. The molecule has 16 heavy (non-hydrogen) atoms. The predicted molar refractivity (Wildman–Crippen MR) is 63.3 cm³/mol. The number of carboxylic acid groups (broad SMARTS) is 1. The van der Waals surface area contributed by atoms with E-state index in [2.05, 4.69) is 15.2 Å². The van der Waals surface area contributed by atoms with Crippen LogP contribution in [0.4, 0.5) is 0 Å².